The summed E-state index contributed by atoms with van der Waals surface area (Å²) in [5.74, 6) is -0.305. The molecule has 1 unspecified atom stereocenters. The molecular weight excluding hydrogens is 364 g/mol. The maximum atomic E-state index is 12.7. The van der Waals surface area contributed by atoms with Crippen LogP contribution in [0.25, 0.3) is 10.8 Å². The van der Waals surface area contributed by atoms with Gasteiger partial charge in [0.15, 0.2) is 6.61 Å². The Hall–Kier alpha value is -2.87. The van der Waals surface area contributed by atoms with Gasteiger partial charge in [-0.2, -0.15) is 0 Å². The highest BCUT2D eigenvalue weighted by molar-refractivity contribution is 5.88. The molecule has 1 saturated heterocycles. The second kappa shape index (κ2) is 9.36. The standard InChI is InChI=1S/C20H24N2O6/c1-2-26-19(24)13-28-17-7-3-6-16-15(17)8-9-22(20(16)25)12-18(23)21-11-14-5-4-10-27-14/h3,6-9,14H,2,4-5,10-13H2,1H3,(H,21,23). The molecule has 1 aliphatic rings. The van der Waals surface area contributed by atoms with E-state index >= 15 is 0 Å². The zero-order valence-corrected chi connectivity index (χ0v) is 15.8. The van der Waals surface area contributed by atoms with Crippen LogP contribution in [0.2, 0.25) is 0 Å². The number of ether oxygens (including phenoxy) is 3. The summed E-state index contributed by atoms with van der Waals surface area (Å²) < 4.78 is 17.2. The summed E-state index contributed by atoms with van der Waals surface area (Å²) in [4.78, 5) is 36.4. The minimum Gasteiger partial charge on any atom is -0.481 e. The highest BCUT2D eigenvalue weighted by Gasteiger charge is 2.17. The molecule has 1 aromatic carbocycles. The van der Waals surface area contributed by atoms with Crippen molar-refractivity contribution in [1.29, 1.82) is 0 Å². The predicted molar refractivity (Wildman–Crippen MR) is 102 cm³/mol. The number of aromatic nitrogens is 1. The van der Waals surface area contributed by atoms with Crippen LogP contribution in [-0.4, -0.2) is 48.9 Å². The number of esters is 1. The van der Waals surface area contributed by atoms with Crippen molar-refractivity contribution < 1.29 is 23.8 Å². The number of amides is 1. The number of benzene rings is 1. The molecule has 1 fully saturated rings. The molecule has 3 rings (SSSR count). The summed E-state index contributed by atoms with van der Waals surface area (Å²) in [6.07, 6.45) is 3.54. The molecule has 28 heavy (non-hydrogen) atoms. The Labute approximate surface area is 162 Å². The molecule has 8 heteroatoms. The molecule has 0 radical (unpaired) electrons. The van der Waals surface area contributed by atoms with E-state index in [0.717, 1.165) is 19.4 Å². The van der Waals surface area contributed by atoms with Crippen molar-refractivity contribution in [2.75, 3.05) is 26.4 Å². The van der Waals surface area contributed by atoms with Crippen LogP contribution in [0.15, 0.2) is 35.3 Å². The Balaban J connectivity index is 1.69. The molecular formula is C20H24N2O6. The fourth-order valence-electron chi connectivity index (χ4n) is 3.12. The number of nitrogens with one attached hydrogen (secondary N) is 1. The highest BCUT2D eigenvalue weighted by atomic mass is 16.6. The Morgan fingerprint density at radius 2 is 2.14 bits per heavy atom. The summed E-state index contributed by atoms with van der Waals surface area (Å²) >= 11 is 0. The summed E-state index contributed by atoms with van der Waals surface area (Å²) in [5, 5.41) is 3.79. The summed E-state index contributed by atoms with van der Waals surface area (Å²) in [7, 11) is 0. The van der Waals surface area contributed by atoms with Crippen molar-refractivity contribution in [3.8, 4) is 5.75 Å². The van der Waals surface area contributed by atoms with Crippen molar-refractivity contribution in [2.24, 2.45) is 0 Å². The number of carbonyl (C=O) groups excluding carboxylic acids is 2. The third-order valence-corrected chi connectivity index (χ3v) is 4.49. The molecule has 1 N–H and O–H groups in total. The highest BCUT2D eigenvalue weighted by Crippen LogP contribution is 2.23. The van der Waals surface area contributed by atoms with Crippen LogP contribution in [0.3, 0.4) is 0 Å². The van der Waals surface area contributed by atoms with Crippen LogP contribution < -0.4 is 15.6 Å². The lowest BCUT2D eigenvalue weighted by Gasteiger charge is -2.13. The van der Waals surface area contributed by atoms with E-state index in [9.17, 15) is 14.4 Å². The lowest BCUT2D eigenvalue weighted by molar-refractivity contribution is -0.145. The molecule has 8 nitrogen and oxygen atoms in total. The van der Waals surface area contributed by atoms with E-state index < -0.39 is 5.97 Å². The largest absolute Gasteiger partial charge is 0.481 e. The van der Waals surface area contributed by atoms with Crippen LogP contribution in [0.1, 0.15) is 19.8 Å². The quantitative estimate of drug-likeness (QED) is 0.684. The first-order valence-corrected chi connectivity index (χ1v) is 9.37. The molecule has 0 spiro atoms. The monoisotopic (exact) mass is 388 g/mol. The van der Waals surface area contributed by atoms with Gasteiger partial charge in [-0.3, -0.25) is 9.59 Å². The SMILES string of the molecule is CCOC(=O)COc1cccc2c(=O)n(CC(=O)NCC3CCCO3)ccc12. The van der Waals surface area contributed by atoms with Gasteiger partial charge in [0.1, 0.15) is 12.3 Å². The van der Waals surface area contributed by atoms with Gasteiger partial charge in [0.25, 0.3) is 5.56 Å². The average molecular weight is 388 g/mol. The molecule has 1 aliphatic heterocycles. The first-order valence-electron chi connectivity index (χ1n) is 9.37. The number of fused-ring (bicyclic) bond motifs is 1. The minimum absolute atomic E-state index is 0.0522. The molecule has 2 heterocycles. The Morgan fingerprint density at radius 1 is 1.29 bits per heavy atom. The van der Waals surface area contributed by atoms with Crippen molar-refractivity contribution in [3.63, 3.8) is 0 Å². The molecule has 0 aliphatic carbocycles. The maximum absolute atomic E-state index is 12.7. The molecule has 150 valence electrons. The van der Waals surface area contributed by atoms with E-state index in [0.29, 0.717) is 23.1 Å². The number of rotatable bonds is 8. The number of pyridine rings is 1. The first-order chi connectivity index (χ1) is 13.6. The van der Waals surface area contributed by atoms with Crippen LogP contribution in [0.4, 0.5) is 0 Å². The van der Waals surface area contributed by atoms with Crippen molar-refractivity contribution in [3.05, 3.63) is 40.8 Å². The van der Waals surface area contributed by atoms with Gasteiger partial charge in [-0.05, 0) is 38.0 Å². The second-order valence-corrected chi connectivity index (χ2v) is 6.50. The van der Waals surface area contributed by atoms with Crippen LogP contribution in [0.5, 0.6) is 5.75 Å². The Bertz CT molecular complexity index is 901. The van der Waals surface area contributed by atoms with E-state index in [1.807, 2.05) is 0 Å². The Morgan fingerprint density at radius 3 is 2.89 bits per heavy atom. The van der Waals surface area contributed by atoms with Crippen LogP contribution >= 0.6 is 0 Å². The average Bonchev–Trinajstić information content (AvgIpc) is 3.21. The van der Waals surface area contributed by atoms with E-state index in [2.05, 4.69) is 5.32 Å². The number of hydrogen-bond donors (Lipinski definition) is 1. The van der Waals surface area contributed by atoms with E-state index in [-0.39, 0.29) is 37.3 Å². The Kier molecular flexibility index (Phi) is 6.65. The predicted octanol–water partition coefficient (Wildman–Crippen LogP) is 1.24. The number of hydrogen-bond acceptors (Lipinski definition) is 6. The summed E-state index contributed by atoms with van der Waals surface area (Å²) in [6, 6.07) is 6.71. The van der Waals surface area contributed by atoms with Gasteiger partial charge in [0.2, 0.25) is 5.91 Å². The van der Waals surface area contributed by atoms with E-state index in [1.165, 1.54) is 4.57 Å². The van der Waals surface area contributed by atoms with Gasteiger partial charge < -0.3 is 24.1 Å². The van der Waals surface area contributed by atoms with Crippen molar-refractivity contribution in [2.45, 2.75) is 32.4 Å². The molecule has 0 saturated carbocycles. The zero-order chi connectivity index (χ0) is 19.9. The van der Waals surface area contributed by atoms with Gasteiger partial charge in [-0.15, -0.1) is 0 Å². The third kappa shape index (κ3) is 4.89. The van der Waals surface area contributed by atoms with Gasteiger partial charge in [0, 0.05) is 24.7 Å². The van der Waals surface area contributed by atoms with Gasteiger partial charge >= 0.3 is 5.97 Å². The maximum Gasteiger partial charge on any atom is 0.344 e. The van der Waals surface area contributed by atoms with Crippen molar-refractivity contribution >= 4 is 22.6 Å². The molecule has 1 aromatic heterocycles. The summed E-state index contributed by atoms with van der Waals surface area (Å²) in [6.45, 7) is 2.86. The van der Waals surface area contributed by atoms with Gasteiger partial charge in [-0.25, -0.2) is 4.79 Å². The van der Waals surface area contributed by atoms with Crippen molar-refractivity contribution in [1.82, 2.24) is 9.88 Å². The minimum atomic E-state index is -0.476. The lowest BCUT2D eigenvalue weighted by Crippen LogP contribution is -2.36. The normalized spacial score (nSPS) is 16.1. The summed E-state index contributed by atoms with van der Waals surface area (Å²) in [5.41, 5.74) is -0.300. The van der Waals surface area contributed by atoms with Crippen LogP contribution in [-0.2, 0) is 25.6 Å². The smallest absolute Gasteiger partial charge is 0.344 e. The van der Waals surface area contributed by atoms with E-state index in [4.69, 9.17) is 14.2 Å². The molecule has 0 bridgehead atoms. The lowest BCUT2D eigenvalue weighted by atomic mass is 10.1. The van der Waals surface area contributed by atoms with Gasteiger partial charge in [-0.1, -0.05) is 6.07 Å². The van der Waals surface area contributed by atoms with Crippen LogP contribution in [0, 0.1) is 0 Å². The molecule has 1 amide bonds. The fraction of sp³-hybridized carbons (Fsp3) is 0.450. The second-order valence-electron chi connectivity index (χ2n) is 6.50. The fourth-order valence-corrected chi connectivity index (χ4v) is 3.12. The molecule has 1 atom stereocenters. The number of nitrogens with zero attached hydrogens (tertiary/aromatic N) is 1. The van der Waals surface area contributed by atoms with E-state index in [1.54, 1.807) is 37.4 Å². The third-order valence-electron chi connectivity index (χ3n) is 4.49. The zero-order valence-electron chi connectivity index (χ0n) is 15.8. The molecule has 2 aromatic rings. The van der Waals surface area contributed by atoms with Gasteiger partial charge in [0.05, 0.1) is 18.1 Å². The number of carbonyl (C=O) groups is 2. The topological polar surface area (TPSA) is 95.9 Å². The first kappa shape index (κ1) is 19.9.